The maximum atomic E-state index is 12.9. The highest BCUT2D eigenvalue weighted by Gasteiger charge is 2.19. The number of allylic oxidation sites excluding steroid dienone is 28. The first kappa shape index (κ1) is 77.8. The molecule has 0 saturated carbocycles. The fourth-order valence-electron chi connectivity index (χ4n) is 8.72. The van der Waals surface area contributed by atoms with Crippen molar-refractivity contribution in [2.75, 3.05) is 13.2 Å². The molecular formula is C77H122O6. The Labute approximate surface area is 511 Å². The van der Waals surface area contributed by atoms with Crippen LogP contribution in [0.15, 0.2) is 170 Å². The van der Waals surface area contributed by atoms with Crippen LogP contribution in [0.1, 0.15) is 278 Å². The second-order valence-corrected chi connectivity index (χ2v) is 21.6. The van der Waals surface area contributed by atoms with Crippen LogP contribution in [0.2, 0.25) is 0 Å². The maximum absolute atomic E-state index is 12.9. The van der Waals surface area contributed by atoms with E-state index in [2.05, 4.69) is 191 Å². The Morgan fingerprint density at radius 2 is 0.482 bits per heavy atom. The maximum Gasteiger partial charge on any atom is 0.306 e. The first-order valence-corrected chi connectivity index (χ1v) is 33.6. The third-order valence-corrected chi connectivity index (χ3v) is 13.7. The molecule has 83 heavy (non-hydrogen) atoms. The number of rotatable bonds is 59. The summed E-state index contributed by atoms with van der Waals surface area (Å²) in [5.41, 5.74) is 0. The fourth-order valence-corrected chi connectivity index (χ4v) is 8.72. The SMILES string of the molecule is CC/C=C\C/C=C\C/C=C\C/C=C\C/C=C\C/C=C\C/C=C\C/C=C\C/C=C\CCCC(=O)OCC(COC(=O)CCCCCCC/C=C\CCCCCCCC)OC(=O)CCCCCCCCCC/C=C\C/C=C\C/C=C\C/C=C\CC. The van der Waals surface area contributed by atoms with E-state index in [-0.39, 0.29) is 37.5 Å². The lowest BCUT2D eigenvalue weighted by Gasteiger charge is -2.18. The Balaban J connectivity index is 4.50. The van der Waals surface area contributed by atoms with Gasteiger partial charge in [0.1, 0.15) is 13.2 Å². The van der Waals surface area contributed by atoms with Crippen molar-refractivity contribution in [3.05, 3.63) is 170 Å². The molecule has 6 heteroatoms. The van der Waals surface area contributed by atoms with Crippen molar-refractivity contribution in [1.82, 2.24) is 0 Å². The molecule has 0 aliphatic carbocycles. The summed E-state index contributed by atoms with van der Waals surface area (Å²) < 4.78 is 16.9. The van der Waals surface area contributed by atoms with E-state index in [1.165, 1.54) is 83.5 Å². The molecule has 0 aromatic carbocycles. The molecule has 466 valence electrons. The smallest absolute Gasteiger partial charge is 0.306 e. The first-order valence-electron chi connectivity index (χ1n) is 33.6. The zero-order chi connectivity index (χ0) is 59.9. The van der Waals surface area contributed by atoms with Gasteiger partial charge in [-0.05, 0) is 148 Å². The van der Waals surface area contributed by atoms with Crippen LogP contribution in [0.4, 0.5) is 0 Å². The lowest BCUT2D eigenvalue weighted by atomic mass is 10.1. The van der Waals surface area contributed by atoms with Crippen molar-refractivity contribution in [3.63, 3.8) is 0 Å². The van der Waals surface area contributed by atoms with E-state index in [0.29, 0.717) is 19.3 Å². The standard InChI is InChI=1S/C77H122O6/c1-4-7-10-13-16-19-22-25-28-30-32-34-35-36-37-38-39-40-41-43-44-46-49-52-55-58-61-64-67-70-76(79)82-73-74(72-81-75(78)69-66-63-60-57-54-51-48-27-24-21-18-15-12-9-6-3)83-77(80)71-68-65-62-59-56-53-50-47-45-42-33-31-29-26-23-20-17-14-11-8-5-2/h7-8,10-11,16-17,19-20,25-29,32-34,36-37,39-40,42-44,48-49,52,58,61,74H,4-6,9,12-15,18,21-24,30-31,35,38,41,45-47,50-51,53-57,59-60,62-73H2,1-3H3/b10-7-,11-8-,19-16-,20-17-,28-25-,29-26-,34-32-,37-36-,40-39-,42-33-,44-43-,48-27-,52-49-,61-58-. The number of unbranched alkanes of at least 4 members (excludes halogenated alkanes) is 20. The van der Waals surface area contributed by atoms with Gasteiger partial charge >= 0.3 is 17.9 Å². The highest BCUT2D eigenvalue weighted by Crippen LogP contribution is 2.14. The molecule has 0 heterocycles. The number of hydrogen-bond acceptors (Lipinski definition) is 6. The molecule has 0 aromatic heterocycles. The number of carbonyl (C=O) groups excluding carboxylic acids is 3. The molecule has 0 N–H and O–H groups in total. The van der Waals surface area contributed by atoms with Crippen molar-refractivity contribution in [2.24, 2.45) is 0 Å². The molecule has 1 atom stereocenters. The Morgan fingerprint density at radius 3 is 0.795 bits per heavy atom. The van der Waals surface area contributed by atoms with E-state index in [1.807, 2.05) is 0 Å². The molecule has 0 aliphatic rings. The summed E-state index contributed by atoms with van der Waals surface area (Å²) in [5.74, 6) is -0.990. The molecule has 0 saturated heterocycles. The van der Waals surface area contributed by atoms with Gasteiger partial charge in [-0.25, -0.2) is 0 Å². The largest absolute Gasteiger partial charge is 0.462 e. The van der Waals surface area contributed by atoms with Crippen LogP contribution >= 0.6 is 0 Å². The van der Waals surface area contributed by atoms with E-state index < -0.39 is 6.10 Å². The number of ether oxygens (including phenoxy) is 3. The minimum absolute atomic E-state index is 0.110. The molecule has 0 fully saturated rings. The molecule has 0 radical (unpaired) electrons. The van der Waals surface area contributed by atoms with E-state index >= 15 is 0 Å². The Morgan fingerprint density at radius 1 is 0.253 bits per heavy atom. The van der Waals surface area contributed by atoms with Gasteiger partial charge in [-0.15, -0.1) is 0 Å². The van der Waals surface area contributed by atoms with Crippen molar-refractivity contribution >= 4 is 17.9 Å². The fraction of sp³-hybridized carbons (Fsp3) is 0.597. The van der Waals surface area contributed by atoms with Crippen LogP contribution in [0.3, 0.4) is 0 Å². The molecule has 6 nitrogen and oxygen atoms in total. The Bertz CT molecular complexity index is 1890. The van der Waals surface area contributed by atoms with Crippen molar-refractivity contribution in [3.8, 4) is 0 Å². The lowest BCUT2D eigenvalue weighted by Crippen LogP contribution is -2.30. The number of hydrogen-bond donors (Lipinski definition) is 0. The summed E-state index contributed by atoms with van der Waals surface area (Å²) in [6.45, 7) is 6.35. The normalized spacial score (nSPS) is 13.2. The van der Waals surface area contributed by atoms with Gasteiger partial charge in [0.2, 0.25) is 0 Å². The summed E-state index contributed by atoms with van der Waals surface area (Å²) in [5, 5.41) is 0. The summed E-state index contributed by atoms with van der Waals surface area (Å²) in [4.78, 5) is 38.4. The van der Waals surface area contributed by atoms with Gasteiger partial charge in [-0.1, -0.05) is 281 Å². The lowest BCUT2D eigenvalue weighted by molar-refractivity contribution is -0.167. The van der Waals surface area contributed by atoms with Gasteiger partial charge in [0.05, 0.1) is 0 Å². The minimum atomic E-state index is -0.820. The number of carbonyl (C=O) groups is 3. The van der Waals surface area contributed by atoms with Gasteiger partial charge in [0, 0.05) is 19.3 Å². The summed E-state index contributed by atoms with van der Waals surface area (Å²) in [6.07, 6.45) is 102. The molecule has 0 amide bonds. The molecule has 1 unspecified atom stereocenters. The average Bonchev–Trinajstić information content (AvgIpc) is 3.49. The molecule has 0 bridgehead atoms. The van der Waals surface area contributed by atoms with Gasteiger partial charge < -0.3 is 14.2 Å². The van der Waals surface area contributed by atoms with Crippen molar-refractivity contribution in [2.45, 2.75) is 284 Å². The number of esters is 3. The molecular weight excluding hydrogens is 1020 g/mol. The van der Waals surface area contributed by atoms with Gasteiger partial charge in [-0.3, -0.25) is 14.4 Å². The summed E-state index contributed by atoms with van der Waals surface area (Å²) >= 11 is 0. The first-order chi connectivity index (χ1) is 41.0. The molecule has 0 rings (SSSR count). The van der Waals surface area contributed by atoms with Crippen molar-refractivity contribution < 1.29 is 28.6 Å². The zero-order valence-corrected chi connectivity index (χ0v) is 53.4. The van der Waals surface area contributed by atoms with Gasteiger partial charge in [0.25, 0.3) is 0 Å². The molecule has 0 spiro atoms. The monoisotopic (exact) mass is 1140 g/mol. The second kappa shape index (κ2) is 69.3. The van der Waals surface area contributed by atoms with Crippen LogP contribution < -0.4 is 0 Å². The topological polar surface area (TPSA) is 78.9 Å². The summed E-state index contributed by atoms with van der Waals surface area (Å²) in [7, 11) is 0. The van der Waals surface area contributed by atoms with Crippen LogP contribution in [0, 0.1) is 0 Å². The second-order valence-electron chi connectivity index (χ2n) is 21.6. The quantitative estimate of drug-likeness (QED) is 0.0261. The predicted molar refractivity (Wildman–Crippen MR) is 361 cm³/mol. The van der Waals surface area contributed by atoms with Gasteiger partial charge in [-0.2, -0.15) is 0 Å². The van der Waals surface area contributed by atoms with Gasteiger partial charge in [0.15, 0.2) is 6.10 Å². The highest BCUT2D eigenvalue weighted by molar-refractivity contribution is 5.71. The summed E-state index contributed by atoms with van der Waals surface area (Å²) in [6, 6.07) is 0. The third-order valence-electron chi connectivity index (χ3n) is 13.7. The van der Waals surface area contributed by atoms with Crippen LogP contribution in [0.25, 0.3) is 0 Å². The Kier molecular flexibility index (Phi) is 64.9. The van der Waals surface area contributed by atoms with Crippen LogP contribution in [-0.4, -0.2) is 37.2 Å². The molecule has 0 aliphatic heterocycles. The molecule has 0 aromatic rings. The van der Waals surface area contributed by atoms with Crippen molar-refractivity contribution in [1.29, 1.82) is 0 Å². The van der Waals surface area contributed by atoms with E-state index in [9.17, 15) is 14.4 Å². The average molecular weight is 1140 g/mol. The van der Waals surface area contributed by atoms with E-state index in [4.69, 9.17) is 14.2 Å². The third kappa shape index (κ3) is 67.4. The highest BCUT2D eigenvalue weighted by atomic mass is 16.6. The van der Waals surface area contributed by atoms with E-state index in [0.717, 1.165) is 148 Å². The predicted octanol–water partition coefficient (Wildman–Crippen LogP) is 23.4. The van der Waals surface area contributed by atoms with Crippen LogP contribution in [0.5, 0.6) is 0 Å². The Hall–Kier alpha value is -5.23. The van der Waals surface area contributed by atoms with Crippen LogP contribution in [-0.2, 0) is 28.6 Å². The van der Waals surface area contributed by atoms with E-state index in [1.54, 1.807) is 0 Å². The minimum Gasteiger partial charge on any atom is -0.462 e. The zero-order valence-electron chi connectivity index (χ0n) is 53.4.